The van der Waals surface area contributed by atoms with Crippen LogP contribution in [0.15, 0.2) is 54.1 Å². The molecule has 2 aliphatic rings. The molecule has 2 fully saturated rings. The van der Waals surface area contributed by atoms with E-state index in [1.54, 1.807) is 24.3 Å². The molecule has 2 aliphatic heterocycles. The van der Waals surface area contributed by atoms with Crippen LogP contribution in [0, 0.1) is 5.82 Å². The molecule has 32 heavy (non-hydrogen) atoms. The number of rotatable bonds is 7. The average molecular weight is 439 g/mol. The molecule has 2 unspecified atom stereocenters. The van der Waals surface area contributed by atoms with Gasteiger partial charge in [-0.25, -0.2) is 4.39 Å². The number of hydrogen-bond donors (Lipinski definition) is 1. The molecular weight excluding hydrogens is 413 g/mol. The van der Waals surface area contributed by atoms with Gasteiger partial charge in [-0.15, -0.1) is 0 Å². The average Bonchev–Trinajstić information content (AvgIpc) is 3.40. The van der Waals surface area contributed by atoms with Crippen molar-refractivity contribution in [1.82, 2.24) is 4.90 Å². The number of ketones is 1. The van der Waals surface area contributed by atoms with E-state index in [9.17, 15) is 19.1 Å². The topological polar surface area (TPSA) is 76.1 Å². The van der Waals surface area contributed by atoms with Gasteiger partial charge in [-0.05, 0) is 61.2 Å². The molecule has 0 aliphatic carbocycles. The Labute approximate surface area is 186 Å². The van der Waals surface area contributed by atoms with Crippen LogP contribution in [-0.4, -0.2) is 47.6 Å². The first-order valence-electron chi connectivity index (χ1n) is 10.9. The maximum Gasteiger partial charge on any atom is 0.295 e. The number of carbonyl (C=O) groups excluding carboxylic acids is 2. The van der Waals surface area contributed by atoms with Gasteiger partial charge < -0.3 is 19.5 Å². The van der Waals surface area contributed by atoms with E-state index >= 15 is 0 Å². The van der Waals surface area contributed by atoms with Gasteiger partial charge in [0.05, 0.1) is 24.3 Å². The number of benzene rings is 2. The monoisotopic (exact) mass is 439 g/mol. The molecule has 2 aromatic carbocycles. The third-order valence-corrected chi connectivity index (χ3v) is 5.75. The molecule has 2 aromatic rings. The fraction of sp³-hybridized carbons (Fsp3) is 0.360. The van der Waals surface area contributed by atoms with Crippen LogP contribution in [0.5, 0.6) is 5.75 Å². The van der Waals surface area contributed by atoms with Crippen LogP contribution in [0.2, 0.25) is 0 Å². The van der Waals surface area contributed by atoms with Gasteiger partial charge in [0.2, 0.25) is 0 Å². The van der Waals surface area contributed by atoms with E-state index in [0.717, 1.165) is 19.3 Å². The van der Waals surface area contributed by atoms with Crippen molar-refractivity contribution >= 4 is 17.4 Å². The van der Waals surface area contributed by atoms with Crippen molar-refractivity contribution in [2.24, 2.45) is 0 Å². The maximum absolute atomic E-state index is 13.4. The molecule has 168 valence electrons. The van der Waals surface area contributed by atoms with Crippen molar-refractivity contribution in [3.8, 4) is 5.75 Å². The number of halogens is 1. The molecule has 2 heterocycles. The van der Waals surface area contributed by atoms with Gasteiger partial charge in [0, 0.05) is 18.7 Å². The lowest BCUT2D eigenvalue weighted by atomic mass is 9.95. The van der Waals surface area contributed by atoms with Crippen molar-refractivity contribution in [2.75, 3.05) is 19.8 Å². The first-order chi connectivity index (χ1) is 15.5. The largest absolute Gasteiger partial charge is 0.507 e. The molecule has 2 atom stereocenters. The summed E-state index contributed by atoms with van der Waals surface area (Å²) in [5.74, 6) is -1.54. The van der Waals surface area contributed by atoms with Crippen LogP contribution in [0.3, 0.4) is 0 Å². The molecule has 0 radical (unpaired) electrons. The van der Waals surface area contributed by atoms with Gasteiger partial charge in [0.15, 0.2) is 0 Å². The highest BCUT2D eigenvalue weighted by molar-refractivity contribution is 6.46. The number of aliphatic hydroxyl groups is 1. The van der Waals surface area contributed by atoms with E-state index in [-0.39, 0.29) is 29.5 Å². The van der Waals surface area contributed by atoms with Gasteiger partial charge >= 0.3 is 0 Å². The Bertz CT molecular complexity index is 1010. The van der Waals surface area contributed by atoms with E-state index < -0.39 is 23.5 Å². The molecule has 0 bridgehead atoms. The minimum atomic E-state index is -0.774. The normalized spacial score (nSPS) is 22.5. The lowest BCUT2D eigenvalue weighted by Crippen LogP contribution is -2.36. The number of ether oxygens (including phenoxy) is 2. The smallest absolute Gasteiger partial charge is 0.295 e. The van der Waals surface area contributed by atoms with E-state index in [1.807, 2.05) is 6.92 Å². The number of aliphatic hydroxyl groups excluding tert-OH is 1. The summed E-state index contributed by atoms with van der Waals surface area (Å²) in [6, 6.07) is 11.6. The summed E-state index contributed by atoms with van der Waals surface area (Å²) in [7, 11) is 0. The molecule has 7 heteroatoms. The molecule has 6 nitrogen and oxygen atoms in total. The first kappa shape index (κ1) is 22.0. The van der Waals surface area contributed by atoms with E-state index in [0.29, 0.717) is 24.5 Å². The predicted octanol–water partition coefficient (Wildman–Crippen LogP) is 4.22. The van der Waals surface area contributed by atoms with Gasteiger partial charge in [0.25, 0.3) is 11.7 Å². The van der Waals surface area contributed by atoms with Crippen molar-refractivity contribution in [1.29, 1.82) is 0 Å². The Morgan fingerprint density at radius 3 is 2.50 bits per heavy atom. The highest BCUT2D eigenvalue weighted by atomic mass is 19.1. The van der Waals surface area contributed by atoms with Crippen molar-refractivity contribution in [2.45, 2.75) is 38.3 Å². The van der Waals surface area contributed by atoms with Crippen LogP contribution < -0.4 is 4.74 Å². The summed E-state index contributed by atoms with van der Waals surface area (Å²) < 4.78 is 24.7. The Morgan fingerprint density at radius 2 is 1.88 bits per heavy atom. The number of likely N-dealkylation sites (tertiary alicyclic amines) is 1. The SMILES string of the molecule is CCCOc1ccc(C2/C(=C(\O)c3ccc(F)cc3)C(=O)C(=O)N2CC2CCCO2)cc1. The van der Waals surface area contributed by atoms with E-state index in [4.69, 9.17) is 9.47 Å². The second kappa shape index (κ2) is 9.53. The third-order valence-electron chi connectivity index (χ3n) is 5.75. The van der Waals surface area contributed by atoms with Crippen LogP contribution in [-0.2, 0) is 14.3 Å². The van der Waals surface area contributed by atoms with Crippen molar-refractivity contribution < 1.29 is 28.6 Å². The standard InChI is InChI=1S/C25H26FNO5/c1-2-13-31-19-11-7-16(8-12-19)22-21(23(28)17-5-9-18(26)10-6-17)24(29)25(30)27(22)15-20-4-3-14-32-20/h5-12,20,22,28H,2-4,13-15H2,1H3/b23-21+. The molecule has 0 spiro atoms. The lowest BCUT2D eigenvalue weighted by Gasteiger charge is -2.27. The summed E-state index contributed by atoms with van der Waals surface area (Å²) in [4.78, 5) is 27.5. The van der Waals surface area contributed by atoms with Crippen molar-refractivity contribution in [3.63, 3.8) is 0 Å². The summed E-state index contributed by atoms with van der Waals surface area (Å²) in [5, 5.41) is 11.0. The van der Waals surface area contributed by atoms with Crippen LogP contribution in [0.1, 0.15) is 43.4 Å². The highest BCUT2D eigenvalue weighted by Crippen LogP contribution is 2.40. The van der Waals surface area contributed by atoms with Gasteiger partial charge in [-0.3, -0.25) is 9.59 Å². The van der Waals surface area contributed by atoms with Gasteiger partial charge in [0.1, 0.15) is 17.3 Å². The predicted molar refractivity (Wildman–Crippen MR) is 117 cm³/mol. The summed E-state index contributed by atoms with van der Waals surface area (Å²) in [6.07, 6.45) is 2.42. The number of nitrogens with zero attached hydrogens (tertiary/aromatic N) is 1. The number of amides is 1. The molecule has 1 amide bonds. The van der Waals surface area contributed by atoms with E-state index in [1.165, 1.54) is 29.2 Å². The minimum Gasteiger partial charge on any atom is -0.507 e. The summed E-state index contributed by atoms with van der Waals surface area (Å²) >= 11 is 0. The van der Waals surface area contributed by atoms with E-state index in [2.05, 4.69) is 0 Å². The maximum atomic E-state index is 13.4. The zero-order chi connectivity index (χ0) is 22.7. The van der Waals surface area contributed by atoms with Gasteiger partial charge in [-0.1, -0.05) is 19.1 Å². The third kappa shape index (κ3) is 4.39. The minimum absolute atomic E-state index is 0.0122. The fourth-order valence-electron chi connectivity index (χ4n) is 4.15. The fourth-order valence-corrected chi connectivity index (χ4v) is 4.15. The molecule has 4 rings (SSSR count). The zero-order valence-corrected chi connectivity index (χ0v) is 17.9. The van der Waals surface area contributed by atoms with Gasteiger partial charge in [-0.2, -0.15) is 0 Å². The zero-order valence-electron chi connectivity index (χ0n) is 17.9. The molecule has 0 aromatic heterocycles. The Balaban J connectivity index is 1.75. The molecular formula is C25H26FNO5. The Kier molecular flexibility index (Phi) is 6.55. The lowest BCUT2D eigenvalue weighted by molar-refractivity contribution is -0.140. The quantitative estimate of drug-likeness (QED) is 0.397. The number of hydrogen-bond acceptors (Lipinski definition) is 5. The van der Waals surface area contributed by atoms with Crippen LogP contribution >= 0.6 is 0 Å². The molecule has 1 N–H and O–H groups in total. The van der Waals surface area contributed by atoms with Crippen molar-refractivity contribution in [3.05, 3.63) is 71.0 Å². The number of Topliss-reactive ketones (excluding diaryl/α,β-unsaturated/α-hetero) is 1. The number of carbonyl (C=O) groups is 2. The summed E-state index contributed by atoms with van der Waals surface area (Å²) in [6.45, 7) is 3.48. The summed E-state index contributed by atoms with van der Waals surface area (Å²) in [5.41, 5.74) is 0.936. The molecule has 2 saturated heterocycles. The Morgan fingerprint density at radius 1 is 1.16 bits per heavy atom. The molecule has 0 saturated carbocycles. The second-order valence-electron chi connectivity index (χ2n) is 8.01. The highest BCUT2D eigenvalue weighted by Gasteiger charge is 2.47. The Hall–Kier alpha value is -3.19. The first-order valence-corrected chi connectivity index (χ1v) is 10.9. The van der Waals surface area contributed by atoms with Crippen LogP contribution in [0.4, 0.5) is 4.39 Å². The van der Waals surface area contributed by atoms with Crippen LogP contribution in [0.25, 0.3) is 5.76 Å². The second-order valence-corrected chi connectivity index (χ2v) is 8.01.